The van der Waals surface area contributed by atoms with Gasteiger partial charge in [0.2, 0.25) is 5.91 Å². The maximum atomic E-state index is 12.6. The lowest BCUT2D eigenvalue weighted by atomic mass is 9.96. The Morgan fingerprint density at radius 1 is 1.17 bits per heavy atom. The smallest absolute Gasteiger partial charge is 0.338 e. The fraction of sp³-hybridized carbons (Fsp3) is 0.600. The van der Waals surface area contributed by atoms with Crippen molar-refractivity contribution in [3.05, 3.63) is 29.8 Å². The third kappa shape index (κ3) is 6.09. The van der Waals surface area contributed by atoms with Crippen LogP contribution in [0.3, 0.4) is 0 Å². The molecule has 2 aliphatic rings. The second-order valence-corrected chi connectivity index (χ2v) is 7.88. The van der Waals surface area contributed by atoms with E-state index in [1.807, 2.05) is 36.1 Å². The van der Waals surface area contributed by atoms with Gasteiger partial charge in [-0.3, -0.25) is 9.69 Å². The quantitative estimate of drug-likeness (QED) is 0.782. The second-order valence-electron chi connectivity index (χ2n) is 7.88. The summed E-state index contributed by atoms with van der Waals surface area (Å²) in [5.41, 5.74) is 1.81. The number of rotatable bonds is 5. The number of anilines is 1. The zero-order valence-electron chi connectivity index (χ0n) is 16.5. The van der Waals surface area contributed by atoms with Crippen molar-refractivity contribution in [3.8, 4) is 0 Å². The van der Waals surface area contributed by atoms with Crippen molar-refractivity contribution in [3.63, 3.8) is 0 Å². The van der Waals surface area contributed by atoms with Gasteiger partial charge in [-0.2, -0.15) is 13.2 Å². The van der Waals surface area contributed by atoms with Crippen LogP contribution in [0.1, 0.15) is 24.8 Å². The van der Waals surface area contributed by atoms with Crippen molar-refractivity contribution in [1.29, 1.82) is 0 Å². The number of carbonyl (C=O) groups is 2. The summed E-state index contributed by atoms with van der Waals surface area (Å²) < 4.78 is 37.8. The molecule has 160 valence electrons. The lowest BCUT2D eigenvalue weighted by Gasteiger charge is -2.36. The SMILES string of the molecule is Cc1ccc(NC(=O)NCC2CCCN(C3CCN(CC(F)(F)F)C3=O)C2)cc1. The standard InChI is InChI=1S/C20H27F3N4O2/c1-14-4-6-16(7-5-14)25-19(29)24-11-15-3-2-9-26(12-15)17-8-10-27(18(17)28)13-20(21,22)23/h4-7,15,17H,2-3,8-13H2,1H3,(H2,24,25,29). The molecule has 0 saturated carbocycles. The van der Waals surface area contributed by atoms with E-state index in [4.69, 9.17) is 0 Å². The number of hydrogen-bond donors (Lipinski definition) is 2. The molecule has 0 radical (unpaired) electrons. The molecule has 0 bridgehead atoms. The van der Waals surface area contributed by atoms with Gasteiger partial charge < -0.3 is 15.5 Å². The summed E-state index contributed by atoms with van der Waals surface area (Å²) in [6.45, 7) is 2.68. The molecule has 0 aliphatic carbocycles. The lowest BCUT2D eigenvalue weighted by Crippen LogP contribution is -2.49. The zero-order chi connectivity index (χ0) is 21.0. The van der Waals surface area contributed by atoms with Crippen LogP contribution in [-0.2, 0) is 4.79 Å². The molecule has 3 rings (SSSR count). The number of carbonyl (C=O) groups excluding carboxylic acids is 2. The predicted octanol–water partition coefficient (Wildman–Crippen LogP) is 2.99. The number of halogens is 3. The molecule has 29 heavy (non-hydrogen) atoms. The molecule has 2 aliphatic heterocycles. The van der Waals surface area contributed by atoms with Crippen LogP contribution in [0.2, 0.25) is 0 Å². The van der Waals surface area contributed by atoms with Crippen molar-refractivity contribution >= 4 is 17.6 Å². The number of benzene rings is 1. The van der Waals surface area contributed by atoms with E-state index in [0.29, 0.717) is 31.7 Å². The van der Waals surface area contributed by atoms with Gasteiger partial charge in [0.1, 0.15) is 6.54 Å². The van der Waals surface area contributed by atoms with Crippen LogP contribution in [0.4, 0.5) is 23.7 Å². The molecule has 0 aromatic heterocycles. The number of piperidine rings is 1. The van der Waals surface area contributed by atoms with Gasteiger partial charge in [-0.15, -0.1) is 0 Å². The van der Waals surface area contributed by atoms with Gasteiger partial charge in [-0.05, 0) is 50.8 Å². The van der Waals surface area contributed by atoms with Crippen LogP contribution in [-0.4, -0.2) is 66.7 Å². The van der Waals surface area contributed by atoms with Gasteiger partial charge in [0.25, 0.3) is 0 Å². The molecule has 2 atom stereocenters. The molecule has 2 unspecified atom stereocenters. The molecule has 9 heteroatoms. The predicted molar refractivity (Wildman–Crippen MR) is 104 cm³/mol. The van der Waals surface area contributed by atoms with Crippen molar-refractivity contribution in [2.24, 2.45) is 5.92 Å². The highest BCUT2D eigenvalue weighted by molar-refractivity contribution is 5.89. The van der Waals surface area contributed by atoms with E-state index >= 15 is 0 Å². The minimum atomic E-state index is -4.37. The van der Waals surface area contributed by atoms with E-state index < -0.39 is 24.7 Å². The van der Waals surface area contributed by atoms with Gasteiger partial charge in [0.05, 0.1) is 6.04 Å². The first-order chi connectivity index (χ1) is 13.7. The van der Waals surface area contributed by atoms with Crippen LogP contribution in [0, 0.1) is 12.8 Å². The molecule has 3 amide bonds. The minimum absolute atomic E-state index is 0.140. The normalized spacial score (nSPS) is 23.3. The average molecular weight is 412 g/mol. The topological polar surface area (TPSA) is 64.7 Å². The molecular weight excluding hydrogens is 385 g/mol. The Labute approximate surface area is 168 Å². The summed E-state index contributed by atoms with van der Waals surface area (Å²) in [5, 5.41) is 5.64. The number of amides is 3. The Morgan fingerprint density at radius 3 is 2.59 bits per heavy atom. The van der Waals surface area contributed by atoms with E-state index in [0.717, 1.165) is 23.3 Å². The summed E-state index contributed by atoms with van der Waals surface area (Å²) in [6, 6.07) is 6.71. The van der Waals surface area contributed by atoms with Crippen molar-refractivity contribution in [2.45, 2.75) is 38.4 Å². The number of likely N-dealkylation sites (tertiary alicyclic amines) is 2. The molecular formula is C20H27F3N4O2. The first-order valence-corrected chi connectivity index (χ1v) is 9.92. The van der Waals surface area contributed by atoms with Gasteiger partial charge in [0, 0.05) is 25.3 Å². The van der Waals surface area contributed by atoms with Crippen LogP contribution in [0.15, 0.2) is 24.3 Å². The number of urea groups is 1. The summed E-state index contributed by atoms with van der Waals surface area (Å²) in [5.74, 6) is -0.273. The fourth-order valence-corrected chi connectivity index (χ4v) is 4.03. The Kier molecular flexibility index (Phi) is 6.66. The maximum absolute atomic E-state index is 12.6. The number of nitrogens with zero attached hydrogens (tertiary/aromatic N) is 2. The zero-order valence-corrected chi connectivity index (χ0v) is 16.5. The van der Waals surface area contributed by atoms with Crippen LogP contribution in [0.5, 0.6) is 0 Å². The fourth-order valence-electron chi connectivity index (χ4n) is 4.03. The van der Waals surface area contributed by atoms with Crippen LogP contribution >= 0.6 is 0 Å². The summed E-state index contributed by atoms with van der Waals surface area (Å²) in [6.07, 6.45) is -2.18. The monoisotopic (exact) mass is 412 g/mol. The molecule has 2 heterocycles. The average Bonchev–Trinajstić information content (AvgIpc) is 3.01. The largest absolute Gasteiger partial charge is 0.406 e. The number of alkyl halides is 3. The summed E-state index contributed by atoms with van der Waals surface area (Å²) in [7, 11) is 0. The van der Waals surface area contributed by atoms with Gasteiger partial charge in [-0.1, -0.05) is 17.7 Å². The first kappa shape index (κ1) is 21.4. The van der Waals surface area contributed by atoms with Gasteiger partial charge in [0.15, 0.2) is 0 Å². The molecule has 2 saturated heterocycles. The Bertz CT molecular complexity index is 723. The maximum Gasteiger partial charge on any atom is 0.406 e. The molecule has 1 aromatic carbocycles. The van der Waals surface area contributed by atoms with Gasteiger partial charge in [-0.25, -0.2) is 4.79 Å². The van der Waals surface area contributed by atoms with Crippen LogP contribution < -0.4 is 10.6 Å². The minimum Gasteiger partial charge on any atom is -0.338 e. The Balaban J connectivity index is 1.46. The van der Waals surface area contributed by atoms with E-state index in [2.05, 4.69) is 10.6 Å². The number of nitrogens with one attached hydrogen (secondary N) is 2. The van der Waals surface area contributed by atoms with Gasteiger partial charge >= 0.3 is 12.2 Å². The Hall–Kier alpha value is -2.29. The summed E-state index contributed by atoms with van der Waals surface area (Å²) in [4.78, 5) is 27.4. The van der Waals surface area contributed by atoms with E-state index in [1.54, 1.807) is 0 Å². The molecule has 0 spiro atoms. The summed E-state index contributed by atoms with van der Waals surface area (Å²) >= 11 is 0. The lowest BCUT2D eigenvalue weighted by molar-refractivity contribution is -0.159. The number of hydrogen-bond acceptors (Lipinski definition) is 3. The van der Waals surface area contributed by atoms with Crippen molar-refractivity contribution < 1.29 is 22.8 Å². The van der Waals surface area contributed by atoms with E-state index in [1.165, 1.54) is 0 Å². The van der Waals surface area contributed by atoms with E-state index in [-0.39, 0.29) is 18.5 Å². The van der Waals surface area contributed by atoms with E-state index in [9.17, 15) is 22.8 Å². The van der Waals surface area contributed by atoms with Crippen molar-refractivity contribution in [2.75, 3.05) is 38.0 Å². The molecule has 2 N–H and O–H groups in total. The molecule has 6 nitrogen and oxygen atoms in total. The third-order valence-electron chi connectivity index (χ3n) is 5.49. The molecule has 2 fully saturated rings. The number of aryl methyl sites for hydroxylation is 1. The highest BCUT2D eigenvalue weighted by Gasteiger charge is 2.42. The molecule has 1 aromatic rings. The second kappa shape index (κ2) is 9.02. The third-order valence-corrected chi connectivity index (χ3v) is 5.49. The van der Waals surface area contributed by atoms with Crippen LogP contribution in [0.25, 0.3) is 0 Å². The van der Waals surface area contributed by atoms with Crippen molar-refractivity contribution in [1.82, 2.24) is 15.1 Å². The Morgan fingerprint density at radius 2 is 1.90 bits per heavy atom. The highest BCUT2D eigenvalue weighted by atomic mass is 19.4. The first-order valence-electron chi connectivity index (χ1n) is 9.92. The highest BCUT2D eigenvalue weighted by Crippen LogP contribution is 2.26.